The molecule has 0 saturated heterocycles. The van der Waals surface area contributed by atoms with E-state index in [4.69, 9.17) is 4.98 Å². The maximum absolute atomic E-state index is 4.97. The van der Waals surface area contributed by atoms with Crippen molar-refractivity contribution in [1.82, 2.24) is 10.3 Å². The van der Waals surface area contributed by atoms with Gasteiger partial charge in [0.15, 0.2) is 5.13 Å². The van der Waals surface area contributed by atoms with Gasteiger partial charge in [0.2, 0.25) is 0 Å². The van der Waals surface area contributed by atoms with E-state index in [0.717, 1.165) is 24.8 Å². The number of hydrogen-bond acceptors (Lipinski definition) is 4. The highest BCUT2D eigenvalue weighted by Gasteiger charge is 2.30. The summed E-state index contributed by atoms with van der Waals surface area (Å²) >= 11 is 1.93. The number of rotatable bonds is 9. The minimum atomic E-state index is 0.536. The smallest absolute Gasteiger partial charge is 0.185 e. The topological polar surface area (TPSA) is 28.2 Å². The van der Waals surface area contributed by atoms with E-state index in [1.165, 1.54) is 54.5 Å². The molecule has 2 aliphatic rings. The van der Waals surface area contributed by atoms with Gasteiger partial charge in [0.1, 0.15) is 0 Å². The number of anilines is 1. The summed E-state index contributed by atoms with van der Waals surface area (Å²) in [5.41, 5.74) is 1.31. The van der Waals surface area contributed by atoms with Crippen LogP contribution in [0.1, 0.15) is 57.0 Å². The summed E-state index contributed by atoms with van der Waals surface area (Å²) in [6.07, 6.45) is 6.75. The molecule has 0 atom stereocenters. The van der Waals surface area contributed by atoms with E-state index in [2.05, 4.69) is 31.0 Å². The lowest BCUT2D eigenvalue weighted by molar-refractivity contribution is 0.590. The van der Waals surface area contributed by atoms with Crippen LogP contribution in [0.4, 0.5) is 5.13 Å². The zero-order chi connectivity index (χ0) is 14.8. The normalized spacial score (nSPS) is 18.5. The molecule has 4 heteroatoms. The molecule has 0 unspecified atom stereocenters. The Morgan fingerprint density at radius 3 is 2.29 bits per heavy atom. The highest BCUT2D eigenvalue weighted by molar-refractivity contribution is 7.15. The van der Waals surface area contributed by atoms with Crippen LogP contribution in [0.25, 0.3) is 0 Å². The van der Waals surface area contributed by atoms with E-state index in [1.807, 2.05) is 11.3 Å². The fourth-order valence-corrected chi connectivity index (χ4v) is 3.79. The average molecular weight is 308 g/mol. The average Bonchev–Trinajstić information content (AvgIpc) is 3.37. The third kappa shape index (κ3) is 4.43. The molecule has 2 fully saturated rings. The first-order chi connectivity index (χ1) is 10.2. The van der Waals surface area contributed by atoms with E-state index >= 15 is 0 Å². The predicted molar refractivity (Wildman–Crippen MR) is 91.1 cm³/mol. The Kier molecular flexibility index (Phi) is 4.85. The van der Waals surface area contributed by atoms with Crippen molar-refractivity contribution < 1.29 is 0 Å². The Morgan fingerprint density at radius 2 is 1.81 bits per heavy atom. The van der Waals surface area contributed by atoms with Crippen molar-refractivity contribution in [2.24, 2.45) is 11.8 Å². The van der Waals surface area contributed by atoms with Crippen LogP contribution in [0, 0.1) is 11.8 Å². The van der Waals surface area contributed by atoms with Crippen molar-refractivity contribution in [2.45, 2.75) is 65.5 Å². The second-order valence-corrected chi connectivity index (χ2v) is 8.11. The van der Waals surface area contributed by atoms with E-state index < -0.39 is 0 Å². The van der Waals surface area contributed by atoms with Crippen LogP contribution in [0.2, 0.25) is 0 Å². The number of thiazole rings is 1. The van der Waals surface area contributed by atoms with E-state index in [9.17, 15) is 0 Å². The van der Waals surface area contributed by atoms with Crippen LogP contribution in [-0.2, 0) is 13.0 Å². The van der Waals surface area contributed by atoms with Crippen LogP contribution < -0.4 is 10.2 Å². The molecule has 1 aromatic heterocycles. The molecule has 0 bridgehead atoms. The SMILES string of the molecule is CCc1nc(N(CC2CC2)CC2CC2)sc1CNC(C)C. The van der Waals surface area contributed by atoms with Crippen molar-refractivity contribution in [2.75, 3.05) is 18.0 Å². The number of nitrogens with zero attached hydrogens (tertiary/aromatic N) is 2. The molecule has 0 spiro atoms. The molecule has 0 radical (unpaired) electrons. The van der Waals surface area contributed by atoms with Gasteiger partial charge in [-0.2, -0.15) is 0 Å². The first-order valence-corrected chi connectivity index (χ1v) is 9.44. The second kappa shape index (κ2) is 6.66. The zero-order valence-electron chi connectivity index (χ0n) is 13.7. The summed E-state index contributed by atoms with van der Waals surface area (Å²) in [5.74, 6) is 1.88. The molecule has 1 aromatic rings. The van der Waals surface area contributed by atoms with Gasteiger partial charge in [-0.05, 0) is 43.9 Å². The van der Waals surface area contributed by atoms with Crippen molar-refractivity contribution in [3.63, 3.8) is 0 Å². The van der Waals surface area contributed by atoms with Gasteiger partial charge >= 0.3 is 0 Å². The zero-order valence-corrected chi connectivity index (χ0v) is 14.5. The standard InChI is InChI=1S/C17H29N3S/c1-4-15-16(9-18-12(2)3)21-17(19-15)20(10-13-5-6-13)11-14-7-8-14/h12-14,18H,4-11H2,1-3H3. The summed E-state index contributed by atoms with van der Waals surface area (Å²) in [6.45, 7) is 10.1. The number of aromatic nitrogens is 1. The number of nitrogens with one attached hydrogen (secondary N) is 1. The molecule has 21 heavy (non-hydrogen) atoms. The van der Waals surface area contributed by atoms with E-state index in [1.54, 1.807) is 0 Å². The molecule has 3 rings (SSSR count). The van der Waals surface area contributed by atoms with Gasteiger partial charge in [-0.15, -0.1) is 11.3 Å². The molecule has 0 amide bonds. The van der Waals surface area contributed by atoms with Crippen LogP contribution in [-0.4, -0.2) is 24.1 Å². The van der Waals surface area contributed by atoms with Gasteiger partial charge in [0.05, 0.1) is 5.69 Å². The van der Waals surface area contributed by atoms with Crippen LogP contribution in [0.5, 0.6) is 0 Å². The Morgan fingerprint density at radius 1 is 1.19 bits per heavy atom. The molecule has 0 aromatic carbocycles. The van der Waals surface area contributed by atoms with Gasteiger partial charge in [-0.1, -0.05) is 20.8 Å². The second-order valence-electron chi connectivity index (χ2n) is 7.05. The lowest BCUT2D eigenvalue weighted by Gasteiger charge is -2.21. The van der Waals surface area contributed by atoms with Gasteiger partial charge in [0, 0.05) is 30.6 Å². The van der Waals surface area contributed by atoms with E-state index in [0.29, 0.717) is 6.04 Å². The molecule has 1 N–H and O–H groups in total. The summed E-state index contributed by atoms with van der Waals surface area (Å²) in [6, 6.07) is 0.536. The molecule has 118 valence electrons. The quantitative estimate of drug-likeness (QED) is 0.751. The Hall–Kier alpha value is -0.610. The third-order valence-electron chi connectivity index (χ3n) is 4.39. The Balaban J connectivity index is 1.70. The van der Waals surface area contributed by atoms with Gasteiger partial charge < -0.3 is 10.2 Å². The first-order valence-electron chi connectivity index (χ1n) is 8.62. The minimum absolute atomic E-state index is 0.536. The van der Waals surface area contributed by atoms with Crippen molar-refractivity contribution >= 4 is 16.5 Å². The monoisotopic (exact) mass is 307 g/mol. The summed E-state index contributed by atoms with van der Waals surface area (Å²) in [7, 11) is 0. The highest BCUT2D eigenvalue weighted by Crippen LogP contribution is 2.37. The summed E-state index contributed by atoms with van der Waals surface area (Å²) in [4.78, 5) is 9.01. The van der Waals surface area contributed by atoms with Gasteiger partial charge in [-0.25, -0.2) is 4.98 Å². The molecular formula is C17H29N3S. The number of aryl methyl sites for hydroxylation is 1. The molecule has 2 aliphatic carbocycles. The first kappa shape index (κ1) is 15.3. The van der Waals surface area contributed by atoms with Gasteiger partial charge in [0.25, 0.3) is 0 Å². The van der Waals surface area contributed by atoms with Crippen LogP contribution in [0.15, 0.2) is 0 Å². The van der Waals surface area contributed by atoms with Crippen molar-refractivity contribution in [1.29, 1.82) is 0 Å². The maximum Gasteiger partial charge on any atom is 0.185 e. The number of hydrogen-bond donors (Lipinski definition) is 1. The van der Waals surface area contributed by atoms with E-state index in [-0.39, 0.29) is 0 Å². The highest BCUT2D eigenvalue weighted by atomic mass is 32.1. The Bertz CT molecular complexity index is 447. The fourth-order valence-electron chi connectivity index (χ4n) is 2.67. The molecule has 3 nitrogen and oxygen atoms in total. The van der Waals surface area contributed by atoms with Crippen molar-refractivity contribution in [3.05, 3.63) is 10.6 Å². The van der Waals surface area contributed by atoms with Crippen molar-refractivity contribution in [3.8, 4) is 0 Å². The lowest BCUT2D eigenvalue weighted by atomic mass is 10.3. The lowest BCUT2D eigenvalue weighted by Crippen LogP contribution is -2.27. The largest absolute Gasteiger partial charge is 0.348 e. The maximum atomic E-state index is 4.97. The summed E-state index contributed by atoms with van der Waals surface area (Å²) in [5, 5.41) is 4.83. The third-order valence-corrected chi connectivity index (χ3v) is 5.55. The fraction of sp³-hybridized carbons (Fsp3) is 0.824. The van der Waals surface area contributed by atoms with Gasteiger partial charge in [-0.3, -0.25) is 0 Å². The van der Waals surface area contributed by atoms with Crippen LogP contribution in [0.3, 0.4) is 0 Å². The summed E-state index contributed by atoms with van der Waals surface area (Å²) < 4.78 is 0. The molecule has 1 heterocycles. The Labute approximate surface area is 133 Å². The minimum Gasteiger partial charge on any atom is -0.348 e. The van der Waals surface area contributed by atoms with Crippen LogP contribution >= 0.6 is 11.3 Å². The molecule has 0 aliphatic heterocycles. The molecular weight excluding hydrogens is 278 g/mol. The predicted octanol–water partition coefficient (Wildman–Crippen LogP) is 3.83. The molecule has 2 saturated carbocycles.